The Morgan fingerprint density at radius 2 is 2.17 bits per heavy atom. The maximum absolute atomic E-state index is 11.5. The van der Waals surface area contributed by atoms with Crippen molar-refractivity contribution in [2.24, 2.45) is 10.7 Å². The van der Waals surface area contributed by atoms with Gasteiger partial charge in [-0.25, -0.2) is 9.79 Å². The molecule has 0 aliphatic carbocycles. The Morgan fingerprint density at radius 3 is 2.67 bits per heavy atom. The van der Waals surface area contributed by atoms with Crippen LogP contribution < -0.4 is 11.1 Å². The Labute approximate surface area is 109 Å². The molecule has 0 aromatic carbocycles. The minimum absolute atomic E-state index is 0. The van der Waals surface area contributed by atoms with Crippen LogP contribution >= 0.6 is 12.4 Å². The molecule has 18 heavy (non-hydrogen) atoms. The van der Waals surface area contributed by atoms with Crippen LogP contribution in [-0.2, 0) is 4.74 Å². The highest BCUT2D eigenvalue weighted by Crippen LogP contribution is 2.23. The number of aliphatic hydroxyl groups is 3. The van der Waals surface area contributed by atoms with E-state index < -0.39 is 43.5 Å². The third-order valence-electron chi connectivity index (χ3n) is 2.65. The Hall–Kier alpha value is -0.970. The van der Waals surface area contributed by atoms with Crippen LogP contribution in [0.25, 0.3) is 0 Å². The molecular weight excluding hydrogens is 268 g/mol. The monoisotopic (exact) mass is 282 g/mol. The second-order valence-electron chi connectivity index (χ2n) is 3.79. The van der Waals surface area contributed by atoms with E-state index in [0.29, 0.717) is 0 Å². The van der Waals surface area contributed by atoms with Gasteiger partial charge in [0.2, 0.25) is 0 Å². The van der Waals surface area contributed by atoms with Crippen LogP contribution in [0.5, 0.6) is 0 Å². The molecule has 9 nitrogen and oxygen atoms in total. The maximum Gasteiger partial charge on any atom is 0.327 e. The number of aliphatic imine (C=N–C) groups is 1. The number of carbonyl (C=O) groups is 1. The van der Waals surface area contributed by atoms with Crippen molar-refractivity contribution in [3.05, 3.63) is 0 Å². The number of hydrogen-bond donors (Lipinski definition) is 5. The van der Waals surface area contributed by atoms with Crippen LogP contribution in [0.15, 0.2) is 4.99 Å². The number of amides is 2. The van der Waals surface area contributed by atoms with Crippen molar-refractivity contribution in [3.63, 3.8) is 0 Å². The summed E-state index contributed by atoms with van der Waals surface area (Å²) >= 11 is 0. The van der Waals surface area contributed by atoms with Crippen LogP contribution in [-0.4, -0.2) is 70.0 Å². The summed E-state index contributed by atoms with van der Waals surface area (Å²) in [4.78, 5) is 16.3. The number of urea groups is 1. The number of aliphatic hydroxyl groups excluding tert-OH is 3. The van der Waals surface area contributed by atoms with Gasteiger partial charge in [0.05, 0.1) is 12.9 Å². The van der Waals surface area contributed by atoms with Crippen LogP contribution in [0, 0.1) is 0 Å². The smallest absolute Gasteiger partial charge is 0.327 e. The first-order valence-corrected chi connectivity index (χ1v) is 5.04. The number of carbonyl (C=O) groups excluding carboxylic acids is 1. The number of halogens is 1. The van der Waals surface area contributed by atoms with E-state index in [-0.39, 0.29) is 12.4 Å². The normalized spacial score (nSPS) is 39.4. The summed E-state index contributed by atoms with van der Waals surface area (Å²) in [5, 5.41) is 30.4. The molecule has 0 spiro atoms. The van der Waals surface area contributed by atoms with E-state index in [4.69, 9.17) is 15.6 Å². The fourth-order valence-corrected chi connectivity index (χ4v) is 1.73. The molecule has 0 aromatic rings. The predicted molar refractivity (Wildman–Crippen MR) is 61.8 cm³/mol. The fraction of sp³-hybridized carbons (Fsp3) is 0.750. The molecule has 0 saturated carbocycles. The number of nitrogens with two attached hydrogens (primary N) is 1. The molecule has 1 fully saturated rings. The van der Waals surface area contributed by atoms with Crippen LogP contribution in [0.1, 0.15) is 0 Å². The summed E-state index contributed by atoms with van der Waals surface area (Å²) in [6.07, 6.45) is -4.33. The molecule has 5 atom stereocenters. The van der Waals surface area contributed by atoms with Crippen LogP contribution in [0.4, 0.5) is 4.79 Å². The Morgan fingerprint density at radius 1 is 1.50 bits per heavy atom. The van der Waals surface area contributed by atoms with Gasteiger partial charge >= 0.3 is 6.03 Å². The summed E-state index contributed by atoms with van der Waals surface area (Å²) in [6.45, 7) is -0.457. The van der Waals surface area contributed by atoms with Gasteiger partial charge in [-0.2, -0.15) is 0 Å². The largest absolute Gasteiger partial charge is 0.394 e. The molecule has 1 saturated heterocycles. The lowest BCUT2D eigenvalue weighted by Crippen LogP contribution is -2.57. The summed E-state index contributed by atoms with van der Waals surface area (Å²) in [7, 11) is 0. The number of nitrogens with one attached hydrogen (secondary N) is 1. The van der Waals surface area contributed by atoms with Gasteiger partial charge in [-0.3, -0.25) is 10.6 Å². The second kappa shape index (κ2) is 5.78. The Balaban J connectivity index is 0.00000162. The van der Waals surface area contributed by atoms with Gasteiger partial charge in [0.1, 0.15) is 18.3 Å². The minimum atomic E-state index is -1.32. The lowest BCUT2D eigenvalue weighted by molar-refractivity contribution is -0.0583. The molecule has 2 heterocycles. The third kappa shape index (κ3) is 2.55. The quantitative estimate of drug-likeness (QED) is 0.369. The molecule has 0 aromatic heterocycles. The van der Waals surface area contributed by atoms with E-state index in [2.05, 4.69) is 10.3 Å². The van der Waals surface area contributed by atoms with Crippen molar-refractivity contribution in [2.45, 2.75) is 30.8 Å². The van der Waals surface area contributed by atoms with Crippen LogP contribution in [0.2, 0.25) is 0 Å². The average Bonchev–Trinajstić information content (AvgIpc) is 2.57. The standard InChI is InChI=1S/C8H14N4O5.ClH/c9-7-10-2-12(8(16)11-7)6-5(15)4(14)3(1-13)17-6;/h2-7,13-15H,1,9H2,(H,11,16);1H/t3-,4-,5-,6-,7?;/m1./s1. The Bertz CT molecular complexity index is 343. The number of nitrogens with zero attached hydrogens (tertiary/aromatic N) is 2. The van der Waals surface area contributed by atoms with Gasteiger partial charge in [-0.1, -0.05) is 0 Å². The van der Waals surface area contributed by atoms with Gasteiger partial charge in [0.25, 0.3) is 0 Å². The predicted octanol–water partition coefficient (Wildman–Crippen LogP) is -2.86. The van der Waals surface area contributed by atoms with E-state index in [9.17, 15) is 15.0 Å². The van der Waals surface area contributed by atoms with Gasteiger partial charge in [0, 0.05) is 0 Å². The SMILES string of the molecule is Cl.NC1N=CN([C@@H]2O[C@H](CO)[C@@H](O)[C@H]2O)C(=O)N1. The van der Waals surface area contributed by atoms with Gasteiger partial charge in [0.15, 0.2) is 12.5 Å². The van der Waals surface area contributed by atoms with E-state index >= 15 is 0 Å². The zero-order valence-electron chi connectivity index (χ0n) is 9.21. The van der Waals surface area contributed by atoms with Crippen molar-refractivity contribution in [1.82, 2.24) is 10.2 Å². The van der Waals surface area contributed by atoms with E-state index in [1.165, 1.54) is 0 Å². The van der Waals surface area contributed by atoms with Crippen molar-refractivity contribution in [2.75, 3.05) is 6.61 Å². The number of hydrogen-bond acceptors (Lipinski definition) is 7. The lowest BCUT2D eigenvalue weighted by Gasteiger charge is -2.30. The lowest BCUT2D eigenvalue weighted by atomic mass is 10.1. The molecule has 0 radical (unpaired) electrons. The highest BCUT2D eigenvalue weighted by atomic mass is 35.5. The summed E-state index contributed by atoms with van der Waals surface area (Å²) in [5.41, 5.74) is 5.35. The van der Waals surface area contributed by atoms with Gasteiger partial charge in [-0.05, 0) is 0 Å². The van der Waals surface area contributed by atoms with Crippen molar-refractivity contribution >= 4 is 24.8 Å². The van der Waals surface area contributed by atoms with Crippen molar-refractivity contribution in [3.8, 4) is 0 Å². The third-order valence-corrected chi connectivity index (χ3v) is 2.65. The topological polar surface area (TPSA) is 141 Å². The second-order valence-corrected chi connectivity index (χ2v) is 3.79. The number of ether oxygens (including phenoxy) is 1. The summed E-state index contributed by atoms with van der Waals surface area (Å²) < 4.78 is 5.16. The zero-order chi connectivity index (χ0) is 12.6. The summed E-state index contributed by atoms with van der Waals surface area (Å²) in [5.74, 6) is 0. The highest BCUT2D eigenvalue weighted by molar-refractivity contribution is 5.88. The average molecular weight is 283 g/mol. The molecule has 2 amide bonds. The van der Waals surface area contributed by atoms with E-state index in [0.717, 1.165) is 11.2 Å². The van der Waals surface area contributed by atoms with Gasteiger partial charge < -0.3 is 25.4 Å². The molecule has 2 rings (SSSR count). The fourth-order valence-electron chi connectivity index (χ4n) is 1.73. The Kier molecular flexibility index (Phi) is 4.85. The molecule has 1 unspecified atom stereocenters. The molecule has 0 bridgehead atoms. The molecule has 10 heteroatoms. The first-order chi connectivity index (χ1) is 8.04. The van der Waals surface area contributed by atoms with Crippen molar-refractivity contribution in [1.29, 1.82) is 0 Å². The van der Waals surface area contributed by atoms with E-state index in [1.807, 2.05) is 0 Å². The zero-order valence-corrected chi connectivity index (χ0v) is 10.0. The maximum atomic E-state index is 11.5. The van der Waals surface area contributed by atoms with Gasteiger partial charge in [-0.15, -0.1) is 12.4 Å². The number of rotatable bonds is 2. The molecule has 104 valence electrons. The summed E-state index contributed by atoms with van der Waals surface area (Å²) in [6, 6.07) is -0.595. The molecular formula is C8H15ClN4O5. The molecule has 2 aliphatic rings. The van der Waals surface area contributed by atoms with E-state index in [1.54, 1.807) is 0 Å². The minimum Gasteiger partial charge on any atom is -0.394 e. The first-order valence-electron chi connectivity index (χ1n) is 5.04. The van der Waals surface area contributed by atoms with Crippen molar-refractivity contribution < 1.29 is 24.9 Å². The highest BCUT2D eigenvalue weighted by Gasteiger charge is 2.47. The molecule has 2 aliphatic heterocycles. The molecule has 6 N–H and O–H groups in total. The van der Waals surface area contributed by atoms with Crippen LogP contribution in [0.3, 0.4) is 0 Å². The first kappa shape index (κ1) is 15.1.